The smallest absolute Gasteiger partial charge is 0.0417 e. The van der Waals surface area contributed by atoms with Gasteiger partial charge in [-0.05, 0) is 36.5 Å². The van der Waals surface area contributed by atoms with Crippen molar-refractivity contribution in [2.75, 3.05) is 6.54 Å². The maximum absolute atomic E-state index is 4.35. The van der Waals surface area contributed by atoms with E-state index < -0.39 is 0 Å². The Bertz CT molecular complexity index is 262. The summed E-state index contributed by atoms with van der Waals surface area (Å²) in [7, 11) is 0. The van der Waals surface area contributed by atoms with Gasteiger partial charge in [0.15, 0.2) is 0 Å². The van der Waals surface area contributed by atoms with E-state index in [1.807, 2.05) is 18.3 Å². The Kier molecular flexibility index (Phi) is 2.16. The molecule has 1 aliphatic rings. The average Bonchev–Trinajstić information content (AvgIpc) is 2.90. The van der Waals surface area contributed by atoms with Crippen LogP contribution in [-0.4, -0.2) is 17.7 Å². The van der Waals surface area contributed by atoms with Crippen LogP contribution in [0.3, 0.4) is 0 Å². The molecule has 2 nitrogen and oxygen atoms in total. The van der Waals surface area contributed by atoms with Crippen molar-refractivity contribution in [3.05, 3.63) is 30.1 Å². The van der Waals surface area contributed by atoms with Crippen molar-refractivity contribution in [1.29, 1.82) is 0 Å². The highest BCUT2D eigenvalue weighted by Gasteiger charge is 2.19. The van der Waals surface area contributed by atoms with E-state index in [1.165, 1.54) is 12.8 Å². The number of nitrogens with zero attached hydrogens (tertiary/aromatic N) is 2. The summed E-state index contributed by atoms with van der Waals surface area (Å²) in [6.45, 7) is 1.00. The molecule has 0 aromatic carbocycles. The number of rotatable bonds is 3. The molecular formula is C10H12N2. The van der Waals surface area contributed by atoms with E-state index >= 15 is 0 Å². The van der Waals surface area contributed by atoms with Crippen molar-refractivity contribution in [3.63, 3.8) is 0 Å². The Hall–Kier alpha value is -1.18. The van der Waals surface area contributed by atoms with Crippen molar-refractivity contribution < 1.29 is 0 Å². The third kappa shape index (κ3) is 2.16. The molecule has 1 fully saturated rings. The Morgan fingerprint density at radius 1 is 1.42 bits per heavy atom. The van der Waals surface area contributed by atoms with Crippen LogP contribution in [0.4, 0.5) is 0 Å². The van der Waals surface area contributed by atoms with Crippen LogP contribution in [0.25, 0.3) is 0 Å². The summed E-state index contributed by atoms with van der Waals surface area (Å²) in [5.41, 5.74) is 1.14. The second-order valence-electron chi connectivity index (χ2n) is 3.22. The van der Waals surface area contributed by atoms with Gasteiger partial charge in [-0.1, -0.05) is 0 Å². The van der Waals surface area contributed by atoms with Gasteiger partial charge in [0.2, 0.25) is 0 Å². The molecule has 0 atom stereocenters. The van der Waals surface area contributed by atoms with Crippen molar-refractivity contribution in [1.82, 2.24) is 4.98 Å². The number of hydrogen-bond acceptors (Lipinski definition) is 2. The molecule has 0 spiro atoms. The highest BCUT2D eigenvalue weighted by molar-refractivity contribution is 5.79. The maximum atomic E-state index is 4.35. The van der Waals surface area contributed by atoms with Gasteiger partial charge >= 0.3 is 0 Å². The van der Waals surface area contributed by atoms with Crippen LogP contribution in [0.15, 0.2) is 29.5 Å². The van der Waals surface area contributed by atoms with Gasteiger partial charge in [-0.3, -0.25) is 9.98 Å². The molecule has 12 heavy (non-hydrogen) atoms. The average molecular weight is 160 g/mol. The number of hydrogen-bond donors (Lipinski definition) is 0. The Balaban J connectivity index is 1.89. The Morgan fingerprint density at radius 2 is 2.17 bits per heavy atom. The fourth-order valence-electron chi connectivity index (χ4n) is 1.06. The van der Waals surface area contributed by atoms with Crippen LogP contribution < -0.4 is 0 Å². The van der Waals surface area contributed by atoms with Crippen molar-refractivity contribution in [2.24, 2.45) is 10.9 Å². The lowest BCUT2D eigenvalue weighted by molar-refractivity contribution is 0.852. The van der Waals surface area contributed by atoms with E-state index in [0.29, 0.717) is 0 Å². The molecule has 0 bridgehead atoms. The monoisotopic (exact) mass is 160 g/mol. The summed E-state index contributed by atoms with van der Waals surface area (Å²) in [6, 6.07) is 3.94. The van der Waals surface area contributed by atoms with Crippen molar-refractivity contribution in [2.45, 2.75) is 12.8 Å². The second-order valence-corrected chi connectivity index (χ2v) is 3.22. The molecule has 1 aromatic heterocycles. The largest absolute Gasteiger partial charge is 0.292 e. The van der Waals surface area contributed by atoms with E-state index in [4.69, 9.17) is 0 Å². The predicted molar refractivity (Wildman–Crippen MR) is 49.4 cm³/mol. The molecule has 1 heterocycles. The molecule has 0 N–H and O–H groups in total. The minimum absolute atomic E-state index is 0.878. The van der Waals surface area contributed by atoms with Crippen LogP contribution in [0, 0.1) is 5.92 Å². The fourth-order valence-corrected chi connectivity index (χ4v) is 1.06. The summed E-state index contributed by atoms with van der Waals surface area (Å²) < 4.78 is 0. The van der Waals surface area contributed by atoms with Gasteiger partial charge in [0.05, 0.1) is 0 Å². The van der Waals surface area contributed by atoms with E-state index in [2.05, 4.69) is 9.98 Å². The summed E-state index contributed by atoms with van der Waals surface area (Å²) in [6.07, 6.45) is 8.25. The molecule has 1 saturated carbocycles. The van der Waals surface area contributed by atoms with Gasteiger partial charge in [0, 0.05) is 25.2 Å². The van der Waals surface area contributed by atoms with E-state index in [0.717, 1.165) is 18.0 Å². The lowest BCUT2D eigenvalue weighted by atomic mass is 10.3. The first-order valence-electron chi connectivity index (χ1n) is 4.35. The van der Waals surface area contributed by atoms with Crippen LogP contribution in [-0.2, 0) is 0 Å². The predicted octanol–water partition coefficient (Wildman–Crippen LogP) is 1.91. The summed E-state index contributed by atoms with van der Waals surface area (Å²) in [4.78, 5) is 8.29. The first kappa shape index (κ1) is 7.47. The zero-order chi connectivity index (χ0) is 8.23. The van der Waals surface area contributed by atoms with Gasteiger partial charge < -0.3 is 0 Å². The van der Waals surface area contributed by atoms with Crippen molar-refractivity contribution in [3.8, 4) is 0 Å². The van der Waals surface area contributed by atoms with Crippen LogP contribution in [0.1, 0.15) is 18.4 Å². The van der Waals surface area contributed by atoms with Gasteiger partial charge in [-0.15, -0.1) is 0 Å². The molecule has 0 amide bonds. The van der Waals surface area contributed by atoms with Gasteiger partial charge in [0.25, 0.3) is 0 Å². The highest BCUT2D eigenvalue weighted by Crippen LogP contribution is 2.28. The topological polar surface area (TPSA) is 25.2 Å². The molecule has 1 aliphatic carbocycles. The van der Waals surface area contributed by atoms with Crippen LogP contribution >= 0.6 is 0 Å². The maximum Gasteiger partial charge on any atom is 0.0417 e. The molecule has 62 valence electrons. The summed E-state index contributed by atoms with van der Waals surface area (Å²) >= 11 is 0. The van der Waals surface area contributed by atoms with E-state index in [1.54, 1.807) is 12.4 Å². The van der Waals surface area contributed by atoms with Crippen molar-refractivity contribution >= 4 is 6.21 Å². The molecule has 2 rings (SSSR count). The molecule has 2 heteroatoms. The molecule has 0 saturated heterocycles. The summed E-state index contributed by atoms with van der Waals surface area (Å²) in [5, 5.41) is 0. The minimum Gasteiger partial charge on any atom is -0.292 e. The molecule has 0 unspecified atom stereocenters. The number of pyridine rings is 1. The third-order valence-corrected chi connectivity index (χ3v) is 2.01. The first-order valence-corrected chi connectivity index (χ1v) is 4.35. The zero-order valence-corrected chi connectivity index (χ0v) is 6.98. The Labute approximate surface area is 72.4 Å². The zero-order valence-electron chi connectivity index (χ0n) is 6.98. The quantitative estimate of drug-likeness (QED) is 0.620. The Morgan fingerprint density at radius 3 is 2.83 bits per heavy atom. The number of aliphatic imine (C=N–C) groups is 1. The van der Waals surface area contributed by atoms with Gasteiger partial charge in [-0.2, -0.15) is 0 Å². The third-order valence-electron chi connectivity index (χ3n) is 2.01. The molecular weight excluding hydrogens is 148 g/mol. The fraction of sp³-hybridized carbons (Fsp3) is 0.400. The summed E-state index contributed by atoms with van der Waals surface area (Å²) in [5.74, 6) is 0.878. The van der Waals surface area contributed by atoms with Gasteiger partial charge in [-0.25, -0.2) is 0 Å². The number of aromatic nitrogens is 1. The molecule has 0 aliphatic heterocycles. The van der Waals surface area contributed by atoms with E-state index in [-0.39, 0.29) is 0 Å². The normalized spacial score (nSPS) is 17.0. The lowest BCUT2D eigenvalue weighted by Gasteiger charge is -1.90. The van der Waals surface area contributed by atoms with Gasteiger partial charge in [0.1, 0.15) is 0 Å². The second kappa shape index (κ2) is 3.48. The highest BCUT2D eigenvalue weighted by atomic mass is 14.7. The molecule has 1 aromatic rings. The minimum atomic E-state index is 0.878. The first-order chi connectivity index (χ1) is 5.95. The van der Waals surface area contributed by atoms with Crippen LogP contribution in [0.5, 0.6) is 0 Å². The van der Waals surface area contributed by atoms with E-state index in [9.17, 15) is 0 Å². The lowest BCUT2D eigenvalue weighted by Crippen LogP contribution is -1.85. The standard InChI is InChI=1S/C10H12N2/c1-2-9(1)7-12-8-10-3-5-11-6-4-10/h3-6,8-9H,1-2,7H2. The molecule has 0 radical (unpaired) electrons. The SMILES string of the molecule is C(=NCC1CC1)c1ccncc1. The van der Waals surface area contributed by atoms with Crippen LogP contribution in [0.2, 0.25) is 0 Å².